The van der Waals surface area contributed by atoms with E-state index in [1.807, 2.05) is 0 Å². The Morgan fingerprint density at radius 2 is 2.18 bits per heavy atom. The van der Waals surface area contributed by atoms with Crippen molar-refractivity contribution in [1.29, 1.82) is 0 Å². The van der Waals surface area contributed by atoms with Crippen molar-refractivity contribution in [3.05, 3.63) is 23.8 Å². The molecule has 0 nitrogen and oxygen atoms in total. The molecule has 0 heteroatoms. The highest BCUT2D eigenvalue weighted by Gasteiger charge is 2.14. The van der Waals surface area contributed by atoms with Crippen molar-refractivity contribution in [3.63, 3.8) is 0 Å². The van der Waals surface area contributed by atoms with E-state index in [0.29, 0.717) is 0 Å². The Hall–Kier alpha value is -0.520. The normalized spacial score (nSPS) is 25.5. The van der Waals surface area contributed by atoms with Gasteiger partial charge in [0.15, 0.2) is 0 Å². The van der Waals surface area contributed by atoms with E-state index in [9.17, 15) is 0 Å². The molecule has 0 fully saturated rings. The van der Waals surface area contributed by atoms with Gasteiger partial charge in [0.2, 0.25) is 0 Å². The molecule has 0 radical (unpaired) electrons. The fourth-order valence-corrected chi connectivity index (χ4v) is 1.78. The molecule has 0 aromatic rings. The molecule has 0 aromatic carbocycles. The smallest absolute Gasteiger partial charge is 0.0289 e. The lowest BCUT2D eigenvalue weighted by Gasteiger charge is -2.22. The highest BCUT2D eigenvalue weighted by molar-refractivity contribution is 5.13. The first kappa shape index (κ1) is 8.58. The van der Waals surface area contributed by atoms with E-state index in [1.54, 1.807) is 11.1 Å². The quantitative estimate of drug-likeness (QED) is 0.526. The lowest BCUT2D eigenvalue weighted by molar-refractivity contribution is 0.460. The molecule has 0 heterocycles. The number of hydrogen-bond acceptors (Lipinski definition) is 0. The molecule has 0 N–H and O–H groups in total. The Morgan fingerprint density at radius 1 is 1.45 bits per heavy atom. The molecule has 1 aliphatic carbocycles. The summed E-state index contributed by atoms with van der Waals surface area (Å²) >= 11 is 0. The molecule has 1 aliphatic rings. The van der Waals surface area contributed by atoms with Crippen LogP contribution >= 0.6 is 0 Å². The minimum absolute atomic E-state index is 0.885. The summed E-state index contributed by atoms with van der Waals surface area (Å²) < 4.78 is 0. The maximum Gasteiger partial charge on any atom is -0.0289 e. The first-order chi connectivity index (χ1) is 5.24. The Labute approximate surface area is 70.0 Å². The molecule has 1 rings (SSSR count). The fourth-order valence-electron chi connectivity index (χ4n) is 1.78. The zero-order valence-electron chi connectivity index (χ0n) is 7.69. The van der Waals surface area contributed by atoms with E-state index in [2.05, 4.69) is 26.5 Å². The predicted octanol–water partition coefficient (Wildman–Crippen LogP) is 3.70. The van der Waals surface area contributed by atoms with Crippen LogP contribution in [0.5, 0.6) is 0 Å². The molecular weight excluding hydrogens is 132 g/mol. The van der Waals surface area contributed by atoms with Crippen molar-refractivity contribution in [1.82, 2.24) is 0 Å². The first-order valence-electron chi connectivity index (χ1n) is 4.50. The molecular formula is C11H18. The topological polar surface area (TPSA) is 0 Å². The summed E-state index contributed by atoms with van der Waals surface area (Å²) in [5.74, 6) is 0.885. The van der Waals surface area contributed by atoms with Crippen LogP contribution in [0.15, 0.2) is 23.8 Å². The predicted molar refractivity (Wildman–Crippen MR) is 50.5 cm³/mol. The van der Waals surface area contributed by atoms with E-state index >= 15 is 0 Å². The summed E-state index contributed by atoms with van der Waals surface area (Å²) in [6, 6.07) is 0. The van der Waals surface area contributed by atoms with Crippen molar-refractivity contribution in [2.45, 2.75) is 39.5 Å². The van der Waals surface area contributed by atoms with E-state index < -0.39 is 0 Å². The molecule has 62 valence electrons. The largest absolute Gasteiger partial charge is 0.103 e. The van der Waals surface area contributed by atoms with Crippen LogP contribution in [0.3, 0.4) is 0 Å². The summed E-state index contributed by atoms with van der Waals surface area (Å²) in [6.07, 6.45) is 7.24. The van der Waals surface area contributed by atoms with Gasteiger partial charge in [-0.1, -0.05) is 17.2 Å². The van der Waals surface area contributed by atoms with Gasteiger partial charge in [0.05, 0.1) is 0 Å². The van der Waals surface area contributed by atoms with E-state index in [1.165, 1.54) is 25.7 Å². The third-order valence-corrected chi connectivity index (χ3v) is 2.75. The summed E-state index contributed by atoms with van der Waals surface area (Å²) in [6.45, 7) is 8.31. The summed E-state index contributed by atoms with van der Waals surface area (Å²) in [5, 5.41) is 0. The summed E-state index contributed by atoms with van der Waals surface area (Å²) in [7, 11) is 0. The number of allylic oxidation sites excluding steroid dienone is 3. The second-order valence-corrected chi connectivity index (χ2v) is 3.69. The van der Waals surface area contributed by atoms with Crippen LogP contribution < -0.4 is 0 Å². The van der Waals surface area contributed by atoms with Gasteiger partial charge in [0.1, 0.15) is 0 Å². The van der Waals surface area contributed by atoms with Gasteiger partial charge in [0, 0.05) is 0 Å². The second-order valence-electron chi connectivity index (χ2n) is 3.69. The zero-order valence-corrected chi connectivity index (χ0v) is 7.69. The van der Waals surface area contributed by atoms with Gasteiger partial charge in [0.25, 0.3) is 0 Å². The summed E-state index contributed by atoms with van der Waals surface area (Å²) in [5.41, 5.74) is 3.23. The van der Waals surface area contributed by atoms with Gasteiger partial charge in [-0.05, 0) is 45.4 Å². The average Bonchev–Trinajstić information content (AvgIpc) is 1.98. The Kier molecular flexibility index (Phi) is 2.92. The molecule has 0 amide bonds. The van der Waals surface area contributed by atoms with Crippen molar-refractivity contribution >= 4 is 0 Å². The Balaban J connectivity index is 2.50. The van der Waals surface area contributed by atoms with Gasteiger partial charge < -0.3 is 0 Å². The van der Waals surface area contributed by atoms with Crippen molar-refractivity contribution < 1.29 is 0 Å². The summed E-state index contributed by atoms with van der Waals surface area (Å²) in [4.78, 5) is 0. The number of rotatable bonds is 2. The molecule has 0 aromatic heterocycles. The molecule has 1 unspecified atom stereocenters. The first-order valence-corrected chi connectivity index (χ1v) is 4.50. The minimum atomic E-state index is 0.885. The van der Waals surface area contributed by atoms with Crippen LogP contribution in [0.4, 0.5) is 0 Å². The third kappa shape index (κ3) is 2.21. The van der Waals surface area contributed by atoms with Crippen molar-refractivity contribution in [2.75, 3.05) is 0 Å². The van der Waals surface area contributed by atoms with Crippen LogP contribution in [0.25, 0.3) is 0 Å². The van der Waals surface area contributed by atoms with Gasteiger partial charge >= 0.3 is 0 Å². The van der Waals surface area contributed by atoms with Crippen LogP contribution in [0, 0.1) is 5.92 Å². The van der Waals surface area contributed by atoms with Crippen LogP contribution in [-0.4, -0.2) is 0 Å². The molecule has 1 atom stereocenters. The Bertz CT molecular complexity index is 174. The van der Waals surface area contributed by atoms with Crippen molar-refractivity contribution in [2.24, 2.45) is 5.92 Å². The molecule has 0 saturated heterocycles. The van der Waals surface area contributed by atoms with Crippen LogP contribution in [0.1, 0.15) is 39.5 Å². The maximum atomic E-state index is 3.78. The molecule has 0 bridgehead atoms. The van der Waals surface area contributed by atoms with Gasteiger partial charge in [-0.25, -0.2) is 0 Å². The molecule has 0 spiro atoms. The van der Waals surface area contributed by atoms with Crippen molar-refractivity contribution in [3.8, 4) is 0 Å². The third-order valence-electron chi connectivity index (χ3n) is 2.75. The minimum Gasteiger partial charge on any atom is -0.103 e. The highest BCUT2D eigenvalue weighted by Crippen LogP contribution is 2.30. The van der Waals surface area contributed by atoms with Crippen LogP contribution in [0.2, 0.25) is 0 Å². The van der Waals surface area contributed by atoms with Crippen LogP contribution in [-0.2, 0) is 0 Å². The molecule has 0 saturated carbocycles. The van der Waals surface area contributed by atoms with E-state index in [-0.39, 0.29) is 0 Å². The van der Waals surface area contributed by atoms with Gasteiger partial charge in [-0.15, -0.1) is 6.58 Å². The zero-order chi connectivity index (χ0) is 8.27. The maximum absolute atomic E-state index is 3.78. The molecule has 11 heavy (non-hydrogen) atoms. The SMILES string of the molecule is C=CCC1CCC(C)=C(C)C1. The highest BCUT2D eigenvalue weighted by atomic mass is 14.2. The second kappa shape index (κ2) is 3.75. The van der Waals surface area contributed by atoms with E-state index in [0.717, 1.165) is 5.92 Å². The number of hydrogen-bond donors (Lipinski definition) is 0. The lowest BCUT2D eigenvalue weighted by Crippen LogP contribution is -2.07. The standard InChI is InChI=1S/C11H18/c1-4-5-11-7-6-9(2)10(3)8-11/h4,11H,1,5-8H2,2-3H3. The molecule has 0 aliphatic heterocycles. The fraction of sp³-hybridized carbons (Fsp3) is 0.636. The van der Waals surface area contributed by atoms with E-state index in [4.69, 9.17) is 0 Å². The van der Waals surface area contributed by atoms with Gasteiger partial charge in [-0.2, -0.15) is 0 Å². The average molecular weight is 150 g/mol. The van der Waals surface area contributed by atoms with Gasteiger partial charge in [-0.3, -0.25) is 0 Å². The monoisotopic (exact) mass is 150 g/mol. The Morgan fingerprint density at radius 3 is 2.73 bits per heavy atom. The lowest BCUT2D eigenvalue weighted by atomic mass is 9.83.